The topological polar surface area (TPSA) is 66.4 Å². The van der Waals surface area contributed by atoms with Gasteiger partial charge in [-0.05, 0) is 23.8 Å². The molecule has 108 valence electrons. The van der Waals surface area contributed by atoms with Gasteiger partial charge in [-0.1, -0.05) is 32.9 Å². The summed E-state index contributed by atoms with van der Waals surface area (Å²) in [6, 6.07) is 7.01. The number of aliphatic carboxylic acids is 1. The fraction of sp³-hybridized carbons (Fsp3) is 0.333. The molecular formula is C15H19NO3S. The first-order valence-electron chi connectivity index (χ1n) is 6.21. The molecular weight excluding hydrogens is 274 g/mol. The Morgan fingerprint density at radius 2 is 1.85 bits per heavy atom. The van der Waals surface area contributed by atoms with Crippen LogP contribution >= 0.6 is 11.8 Å². The van der Waals surface area contributed by atoms with Gasteiger partial charge in [-0.25, -0.2) is 4.79 Å². The quantitative estimate of drug-likeness (QED) is 0.818. The third-order valence-corrected chi connectivity index (χ3v) is 3.52. The Labute approximate surface area is 123 Å². The minimum absolute atomic E-state index is 0.0428. The van der Waals surface area contributed by atoms with Crippen LogP contribution in [0.15, 0.2) is 30.3 Å². The molecule has 0 saturated heterocycles. The van der Waals surface area contributed by atoms with E-state index in [2.05, 4.69) is 26.1 Å². The van der Waals surface area contributed by atoms with E-state index in [-0.39, 0.29) is 10.7 Å². The highest BCUT2D eigenvalue weighted by molar-refractivity contribution is 8.01. The summed E-state index contributed by atoms with van der Waals surface area (Å²) in [5.41, 5.74) is 1.48. The van der Waals surface area contributed by atoms with Gasteiger partial charge in [0.05, 0.1) is 5.75 Å². The molecule has 0 fully saturated rings. The lowest BCUT2D eigenvalue weighted by molar-refractivity contribution is -0.131. The Kier molecular flexibility index (Phi) is 5.82. The highest BCUT2D eigenvalue weighted by Gasteiger charge is 2.13. The summed E-state index contributed by atoms with van der Waals surface area (Å²) in [6.45, 7) is 6.19. The maximum atomic E-state index is 11.7. The molecule has 0 saturated carbocycles. The Morgan fingerprint density at radius 1 is 1.25 bits per heavy atom. The molecule has 20 heavy (non-hydrogen) atoms. The molecule has 1 amide bonds. The average molecular weight is 293 g/mol. The molecule has 0 bridgehead atoms. The van der Waals surface area contributed by atoms with Crippen molar-refractivity contribution in [1.29, 1.82) is 0 Å². The molecule has 0 heterocycles. The minimum atomic E-state index is -0.985. The molecule has 0 atom stereocenters. The SMILES string of the molecule is CC(C)(C)SCC(=O)Nc1ccc(/C=C/C(=O)O)cc1. The molecule has 5 heteroatoms. The van der Waals surface area contributed by atoms with Crippen molar-refractivity contribution in [3.05, 3.63) is 35.9 Å². The molecule has 0 aliphatic rings. The summed E-state index contributed by atoms with van der Waals surface area (Å²) in [6.07, 6.45) is 2.58. The fourth-order valence-electron chi connectivity index (χ4n) is 1.32. The van der Waals surface area contributed by atoms with E-state index in [4.69, 9.17) is 5.11 Å². The highest BCUT2D eigenvalue weighted by atomic mass is 32.2. The van der Waals surface area contributed by atoms with E-state index in [9.17, 15) is 9.59 Å². The Balaban J connectivity index is 2.53. The molecule has 0 aromatic heterocycles. The van der Waals surface area contributed by atoms with Crippen LogP contribution < -0.4 is 5.32 Å². The zero-order chi connectivity index (χ0) is 15.2. The van der Waals surface area contributed by atoms with E-state index >= 15 is 0 Å². The number of carboxylic acid groups (broad SMARTS) is 1. The summed E-state index contributed by atoms with van der Waals surface area (Å²) in [5.74, 6) is -0.621. The first kappa shape index (κ1) is 16.3. The number of amides is 1. The number of carbonyl (C=O) groups excluding carboxylic acids is 1. The fourth-order valence-corrected chi connectivity index (χ4v) is 1.96. The summed E-state index contributed by atoms with van der Waals surface area (Å²) in [4.78, 5) is 22.1. The smallest absolute Gasteiger partial charge is 0.328 e. The lowest BCUT2D eigenvalue weighted by atomic mass is 10.2. The number of thioether (sulfide) groups is 1. The molecule has 1 aromatic carbocycles. The number of nitrogens with one attached hydrogen (secondary N) is 1. The first-order chi connectivity index (χ1) is 9.26. The van der Waals surface area contributed by atoms with E-state index in [0.717, 1.165) is 11.6 Å². The molecule has 4 nitrogen and oxygen atoms in total. The average Bonchev–Trinajstić information content (AvgIpc) is 2.35. The second-order valence-corrected chi connectivity index (χ2v) is 7.04. The number of hydrogen-bond acceptors (Lipinski definition) is 3. The Hall–Kier alpha value is -1.75. The molecule has 0 radical (unpaired) electrons. The summed E-state index contributed by atoms with van der Waals surface area (Å²) >= 11 is 1.59. The van der Waals surface area contributed by atoms with Crippen molar-refractivity contribution < 1.29 is 14.7 Å². The molecule has 2 N–H and O–H groups in total. The van der Waals surface area contributed by atoms with Gasteiger partial charge >= 0.3 is 5.97 Å². The summed E-state index contributed by atoms with van der Waals surface area (Å²) in [5, 5.41) is 11.3. The summed E-state index contributed by atoms with van der Waals surface area (Å²) < 4.78 is 0.0584. The third-order valence-electron chi connectivity index (χ3n) is 2.25. The van der Waals surface area contributed by atoms with Crippen LogP contribution in [0.4, 0.5) is 5.69 Å². The normalized spacial score (nSPS) is 11.6. The van der Waals surface area contributed by atoms with Gasteiger partial charge in [0.2, 0.25) is 5.91 Å². The predicted molar refractivity (Wildman–Crippen MR) is 84.0 cm³/mol. The van der Waals surface area contributed by atoms with Gasteiger partial charge in [-0.2, -0.15) is 0 Å². The molecule has 1 rings (SSSR count). The van der Waals surface area contributed by atoms with Gasteiger partial charge in [0, 0.05) is 16.5 Å². The number of hydrogen-bond donors (Lipinski definition) is 2. The van der Waals surface area contributed by atoms with Crippen LogP contribution in [-0.2, 0) is 9.59 Å². The zero-order valence-corrected chi connectivity index (χ0v) is 12.7. The zero-order valence-electron chi connectivity index (χ0n) is 11.8. The Bertz CT molecular complexity index is 501. The molecule has 1 aromatic rings. The van der Waals surface area contributed by atoms with Gasteiger partial charge < -0.3 is 10.4 Å². The van der Waals surface area contributed by atoms with E-state index in [1.54, 1.807) is 36.0 Å². The number of carbonyl (C=O) groups is 2. The lowest BCUT2D eigenvalue weighted by Crippen LogP contribution is -2.18. The van der Waals surface area contributed by atoms with Crippen molar-refractivity contribution >= 4 is 35.4 Å². The van der Waals surface area contributed by atoms with Crippen molar-refractivity contribution in [2.45, 2.75) is 25.5 Å². The van der Waals surface area contributed by atoms with Crippen LogP contribution in [0.25, 0.3) is 6.08 Å². The van der Waals surface area contributed by atoms with Gasteiger partial charge in [0.25, 0.3) is 0 Å². The predicted octanol–water partition coefficient (Wildman–Crippen LogP) is 3.25. The van der Waals surface area contributed by atoms with Crippen molar-refractivity contribution in [2.24, 2.45) is 0 Å². The van der Waals surface area contributed by atoms with Crippen molar-refractivity contribution in [3.63, 3.8) is 0 Å². The molecule has 0 aliphatic carbocycles. The van der Waals surface area contributed by atoms with E-state index in [0.29, 0.717) is 11.4 Å². The van der Waals surface area contributed by atoms with Gasteiger partial charge in [-0.15, -0.1) is 11.8 Å². The molecule has 0 aliphatic heterocycles. The number of anilines is 1. The number of rotatable bonds is 5. The van der Waals surface area contributed by atoms with Crippen LogP contribution in [0.5, 0.6) is 0 Å². The van der Waals surface area contributed by atoms with E-state index in [1.165, 1.54) is 6.08 Å². The highest BCUT2D eigenvalue weighted by Crippen LogP contribution is 2.23. The number of carboxylic acids is 1. The second-order valence-electron chi connectivity index (χ2n) is 5.24. The third kappa shape index (κ3) is 6.99. The van der Waals surface area contributed by atoms with E-state index in [1.807, 2.05) is 0 Å². The van der Waals surface area contributed by atoms with Crippen LogP contribution in [0, 0.1) is 0 Å². The first-order valence-corrected chi connectivity index (χ1v) is 7.20. The minimum Gasteiger partial charge on any atom is -0.478 e. The van der Waals surface area contributed by atoms with Crippen molar-refractivity contribution in [3.8, 4) is 0 Å². The van der Waals surface area contributed by atoms with Crippen molar-refractivity contribution in [2.75, 3.05) is 11.1 Å². The monoisotopic (exact) mass is 293 g/mol. The van der Waals surface area contributed by atoms with Crippen molar-refractivity contribution in [1.82, 2.24) is 0 Å². The molecule has 0 spiro atoms. The van der Waals surface area contributed by atoms with Gasteiger partial charge in [-0.3, -0.25) is 4.79 Å². The van der Waals surface area contributed by atoms with E-state index < -0.39 is 5.97 Å². The molecule has 0 unspecified atom stereocenters. The van der Waals surface area contributed by atoms with Crippen LogP contribution in [0.3, 0.4) is 0 Å². The van der Waals surface area contributed by atoms with Crippen LogP contribution in [0.1, 0.15) is 26.3 Å². The van der Waals surface area contributed by atoms with Crippen LogP contribution in [0.2, 0.25) is 0 Å². The maximum absolute atomic E-state index is 11.7. The number of benzene rings is 1. The van der Waals surface area contributed by atoms with Crippen LogP contribution in [-0.4, -0.2) is 27.5 Å². The van der Waals surface area contributed by atoms with Gasteiger partial charge in [0.15, 0.2) is 0 Å². The summed E-state index contributed by atoms with van der Waals surface area (Å²) in [7, 11) is 0. The largest absolute Gasteiger partial charge is 0.478 e. The maximum Gasteiger partial charge on any atom is 0.328 e. The standard InChI is InChI=1S/C15H19NO3S/c1-15(2,3)20-10-13(17)16-12-7-4-11(5-8-12)6-9-14(18)19/h4-9H,10H2,1-3H3,(H,16,17)(H,18,19)/b9-6+. The Morgan fingerprint density at radius 3 is 2.35 bits per heavy atom. The second kappa shape index (κ2) is 7.14. The van der Waals surface area contributed by atoms with Gasteiger partial charge in [0.1, 0.15) is 0 Å². The lowest BCUT2D eigenvalue weighted by Gasteiger charge is -2.17.